The highest BCUT2D eigenvalue weighted by Crippen LogP contribution is 2.97. The number of esters is 1. The Morgan fingerprint density at radius 2 is 2.00 bits per heavy atom. The lowest BCUT2D eigenvalue weighted by Gasteiger charge is -2.41. The second-order valence-electron chi connectivity index (χ2n) is 8.35. The van der Waals surface area contributed by atoms with Crippen LogP contribution in [0.3, 0.4) is 0 Å². The van der Waals surface area contributed by atoms with Crippen molar-refractivity contribution in [2.24, 2.45) is 22.2 Å². The van der Waals surface area contributed by atoms with Gasteiger partial charge in [0.2, 0.25) is 0 Å². The Balaban J connectivity index is 1.62. The van der Waals surface area contributed by atoms with Crippen LogP contribution in [0.4, 0.5) is 0 Å². The van der Waals surface area contributed by atoms with Crippen molar-refractivity contribution in [2.45, 2.75) is 44.3 Å². The van der Waals surface area contributed by atoms with Crippen molar-refractivity contribution in [3.05, 3.63) is 48.6 Å². The quantitative estimate of drug-likeness (QED) is 0.581. The number of Topliss-reactive ketones (excluding diaryl/α,β-unsaturated/α-hetero) is 1. The maximum Gasteiger partial charge on any atom is 0.316 e. The molecule has 1 aromatic rings. The Morgan fingerprint density at radius 1 is 1.27 bits per heavy atom. The molecule has 0 saturated heterocycles. The number of allylic oxidation sites excluding steroid dienone is 1. The van der Waals surface area contributed by atoms with Crippen LogP contribution in [-0.2, 0) is 25.7 Å². The number of benzene rings is 1. The molecule has 5 saturated carbocycles. The number of fused-ring (bicyclic) bond motifs is 1. The molecular formula is C22H24O4. The Hall–Kier alpha value is -1.94. The van der Waals surface area contributed by atoms with Crippen LogP contribution >= 0.6 is 0 Å². The second kappa shape index (κ2) is 4.86. The molecule has 5 aliphatic rings. The minimum absolute atomic E-state index is 0.0104. The molecule has 5 aliphatic carbocycles. The van der Waals surface area contributed by atoms with E-state index in [2.05, 4.69) is 6.58 Å². The third kappa shape index (κ3) is 1.35. The molecule has 1 aromatic carbocycles. The molecule has 0 aromatic heterocycles. The van der Waals surface area contributed by atoms with Gasteiger partial charge in [-0.2, -0.15) is 0 Å². The Kier molecular flexibility index (Phi) is 3.04. The summed E-state index contributed by atoms with van der Waals surface area (Å²) in [6, 6.07) is 9.95. The molecule has 4 bridgehead atoms. The van der Waals surface area contributed by atoms with Crippen molar-refractivity contribution in [1.82, 2.24) is 0 Å². The van der Waals surface area contributed by atoms with Crippen LogP contribution in [0.1, 0.15) is 37.7 Å². The fraction of sp³-hybridized carbons (Fsp3) is 0.545. The van der Waals surface area contributed by atoms with E-state index in [1.165, 1.54) is 7.11 Å². The van der Waals surface area contributed by atoms with E-state index >= 15 is 0 Å². The van der Waals surface area contributed by atoms with Gasteiger partial charge in [-0.1, -0.05) is 36.4 Å². The van der Waals surface area contributed by atoms with Crippen molar-refractivity contribution < 1.29 is 19.1 Å². The average molecular weight is 352 g/mol. The maximum absolute atomic E-state index is 13.5. The largest absolute Gasteiger partial charge is 0.468 e. The van der Waals surface area contributed by atoms with Gasteiger partial charge in [-0.3, -0.25) is 9.59 Å². The SMILES string of the molecule is C=CC[C@]12C(=O)[C@@H]3CC[C@@]1(OCc1ccccc1)[C@@]2(C(=O)OC)C31CC1. The summed E-state index contributed by atoms with van der Waals surface area (Å²) in [6.07, 6.45) is 5.70. The fourth-order valence-electron chi connectivity index (χ4n) is 7.12. The Morgan fingerprint density at radius 3 is 2.62 bits per heavy atom. The monoisotopic (exact) mass is 352 g/mol. The fourth-order valence-corrected chi connectivity index (χ4v) is 7.12. The Labute approximate surface area is 153 Å². The van der Waals surface area contributed by atoms with Crippen LogP contribution in [0.2, 0.25) is 0 Å². The van der Waals surface area contributed by atoms with Crippen LogP contribution < -0.4 is 0 Å². The highest BCUT2D eigenvalue weighted by molar-refractivity contribution is 6.10. The van der Waals surface area contributed by atoms with E-state index in [-0.39, 0.29) is 23.1 Å². The molecule has 0 aliphatic heterocycles. The van der Waals surface area contributed by atoms with Gasteiger partial charge in [0, 0.05) is 11.3 Å². The van der Waals surface area contributed by atoms with Crippen LogP contribution in [0.25, 0.3) is 0 Å². The van der Waals surface area contributed by atoms with Gasteiger partial charge in [-0.25, -0.2) is 0 Å². The van der Waals surface area contributed by atoms with Gasteiger partial charge in [-0.15, -0.1) is 6.58 Å². The molecule has 0 heterocycles. The minimum Gasteiger partial charge on any atom is -0.468 e. The lowest BCUT2D eigenvalue weighted by Crippen LogP contribution is -2.48. The van der Waals surface area contributed by atoms with Gasteiger partial charge in [-0.05, 0) is 37.7 Å². The topological polar surface area (TPSA) is 52.6 Å². The zero-order chi connectivity index (χ0) is 18.2. The molecule has 0 N–H and O–H groups in total. The van der Waals surface area contributed by atoms with E-state index in [1.54, 1.807) is 6.08 Å². The van der Waals surface area contributed by atoms with Crippen molar-refractivity contribution >= 4 is 11.8 Å². The summed E-state index contributed by atoms with van der Waals surface area (Å²) in [7, 11) is 1.44. The number of hydrogen-bond acceptors (Lipinski definition) is 4. The third-order valence-electron chi connectivity index (χ3n) is 7.87. The molecule has 1 spiro atoms. The summed E-state index contributed by atoms with van der Waals surface area (Å²) in [5, 5.41) is 0. The lowest BCUT2D eigenvalue weighted by molar-refractivity contribution is -0.163. The summed E-state index contributed by atoms with van der Waals surface area (Å²) in [5.41, 5.74) is -1.51. The molecule has 4 atom stereocenters. The molecule has 5 fully saturated rings. The Bertz CT molecular complexity index is 811. The first-order chi connectivity index (χ1) is 12.6. The van der Waals surface area contributed by atoms with Crippen LogP contribution in [-0.4, -0.2) is 24.5 Å². The summed E-state index contributed by atoms with van der Waals surface area (Å²) < 4.78 is 11.8. The maximum atomic E-state index is 13.5. The molecule has 4 heteroatoms. The zero-order valence-corrected chi connectivity index (χ0v) is 15.1. The minimum atomic E-state index is -0.815. The molecule has 26 heavy (non-hydrogen) atoms. The number of hydrogen-bond donors (Lipinski definition) is 0. The molecule has 0 amide bonds. The molecular weight excluding hydrogens is 328 g/mol. The highest BCUT2D eigenvalue weighted by atomic mass is 16.5. The van der Waals surface area contributed by atoms with Crippen LogP contribution in [0.15, 0.2) is 43.0 Å². The van der Waals surface area contributed by atoms with Gasteiger partial charge in [0.1, 0.15) is 16.8 Å². The smallest absolute Gasteiger partial charge is 0.316 e. The zero-order valence-electron chi connectivity index (χ0n) is 15.1. The van der Waals surface area contributed by atoms with Crippen LogP contribution in [0, 0.1) is 22.2 Å². The summed E-state index contributed by atoms with van der Waals surface area (Å²) in [5.74, 6) is -0.0381. The number of rotatable bonds is 6. The summed E-state index contributed by atoms with van der Waals surface area (Å²) >= 11 is 0. The van der Waals surface area contributed by atoms with Gasteiger partial charge >= 0.3 is 5.97 Å². The van der Waals surface area contributed by atoms with E-state index < -0.39 is 16.4 Å². The predicted molar refractivity (Wildman–Crippen MR) is 95.1 cm³/mol. The number of methoxy groups -OCH3 is 1. The summed E-state index contributed by atoms with van der Waals surface area (Å²) in [6.45, 7) is 4.30. The van der Waals surface area contributed by atoms with E-state index in [9.17, 15) is 9.59 Å². The average Bonchev–Trinajstić information content (AvgIpc) is 3.54. The van der Waals surface area contributed by atoms with Crippen molar-refractivity contribution in [1.29, 1.82) is 0 Å². The first-order valence-corrected chi connectivity index (χ1v) is 9.49. The van der Waals surface area contributed by atoms with Crippen LogP contribution in [0.5, 0.6) is 0 Å². The third-order valence-corrected chi connectivity index (χ3v) is 7.87. The number of ether oxygens (including phenoxy) is 2. The van der Waals surface area contributed by atoms with E-state index in [0.29, 0.717) is 13.0 Å². The lowest BCUT2D eigenvalue weighted by atomic mass is 9.67. The van der Waals surface area contributed by atoms with Gasteiger partial charge in [0.05, 0.1) is 19.1 Å². The van der Waals surface area contributed by atoms with Gasteiger partial charge in [0.25, 0.3) is 0 Å². The van der Waals surface area contributed by atoms with Crippen molar-refractivity contribution in [2.75, 3.05) is 7.11 Å². The molecule has 136 valence electrons. The van der Waals surface area contributed by atoms with Gasteiger partial charge < -0.3 is 9.47 Å². The number of ketones is 1. The van der Waals surface area contributed by atoms with Crippen molar-refractivity contribution in [3.8, 4) is 0 Å². The molecule has 0 radical (unpaired) electrons. The van der Waals surface area contributed by atoms with Crippen molar-refractivity contribution in [3.63, 3.8) is 0 Å². The van der Waals surface area contributed by atoms with Gasteiger partial charge in [0.15, 0.2) is 0 Å². The molecule has 4 nitrogen and oxygen atoms in total. The molecule has 6 rings (SSSR count). The standard InChI is InChI=1S/C22H24O4/c1-3-10-20-17(23)16-9-11-21(20,26-14-15-7-5-4-6-8-15)22(20,18(24)25-2)19(16)12-13-19/h3-8,16H,1,9-14H2,2H3/t16-,20-,21-,22-/m0/s1. The summed E-state index contributed by atoms with van der Waals surface area (Å²) in [4.78, 5) is 26.7. The first kappa shape index (κ1) is 16.2. The molecule has 0 unspecified atom stereocenters. The number of carbonyl (C=O) groups is 2. The second-order valence-corrected chi connectivity index (χ2v) is 8.35. The van der Waals surface area contributed by atoms with E-state index in [1.807, 2.05) is 30.3 Å². The highest BCUT2D eigenvalue weighted by Gasteiger charge is 3.06. The van der Waals surface area contributed by atoms with E-state index in [4.69, 9.17) is 9.47 Å². The first-order valence-electron chi connectivity index (χ1n) is 9.49. The number of carbonyl (C=O) groups excluding carboxylic acids is 2. The normalized spacial score (nSPS) is 40.3. The van der Waals surface area contributed by atoms with E-state index in [0.717, 1.165) is 31.2 Å². The predicted octanol–water partition coefficient (Wildman–Crippen LogP) is 3.45.